The van der Waals surface area contributed by atoms with Gasteiger partial charge in [0.2, 0.25) is 11.8 Å². The summed E-state index contributed by atoms with van der Waals surface area (Å²) < 4.78 is 12.4. The van der Waals surface area contributed by atoms with E-state index in [0.29, 0.717) is 17.5 Å². The number of ether oxygens (including phenoxy) is 2. The Hall–Kier alpha value is -4.53. The third-order valence-electron chi connectivity index (χ3n) is 5.45. The summed E-state index contributed by atoms with van der Waals surface area (Å²) in [6, 6.07) is 20.0. The van der Waals surface area contributed by atoms with Crippen LogP contribution in [0.1, 0.15) is 18.5 Å². The average molecular weight is 454 g/mol. The van der Waals surface area contributed by atoms with Crippen molar-refractivity contribution in [2.45, 2.75) is 13.0 Å². The molecule has 9 nitrogen and oxygen atoms in total. The van der Waals surface area contributed by atoms with Crippen LogP contribution in [0.25, 0.3) is 28.1 Å². The zero-order valence-electron chi connectivity index (χ0n) is 19.0. The van der Waals surface area contributed by atoms with E-state index < -0.39 is 0 Å². The molecule has 170 valence electrons. The van der Waals surface area contributed by atoms with Crippen LogP contribution in [0.3, 0.4) is 0 Å². The third kappa shape index (κ3) is 4.23. The zero-order chi connectivity index (χ0) is 23.5. The van der Waals surface area contributed by atoms with Crippen molar-refractivity contribution in [2.75, 3.05) is 19.5 Å². The molecule has 5 aromatic rings. The number of imidazole rings is 1. The summed E-state index contributed by atoms with van der Waals surface area (Å²) >= 11 is 0. The molecule has 5 rings (SSSR count). The minimum absolute atomic E-state index is 0.0698. The summed E-state index contributed by atoms with van der Waals surface area (Å²) in [6.45, 7) is 2.08. The SMILES string of the molecule is COc1cc(-c2ccc3c(c2)ncn3-c2ccnc(NC(C)c3ccccc3)n2)nc(OC)n1. The molecule has 0 aliphatic heterocycles. The van der Waals surface area contributed by atoms with Gasteiger partial charge >= 0.3 is 6.01 Å². The number of nitrogens with zero attached hydrogens (tertiary/aromatic N) is 6. The highest BCUT2D eigenvalue weighted by Gasteiger charge is 2.13. The Labute approximate surface area is 196 Å². The Balaban J connectivity index is 1.45. The van der Waals surface area contributed by atoms with Crippen LogP contribution in [0, 0.1) is 0 Å². The number of benzene rings is 2. The molecule has 1 N–H and O–H groups in total. The molecule has 9 heteroatoms. The predicted octanol–water partition coefficient (Wildman–Crippen LogP) is 4.46. The maximum atomic E-state index is 5.26. The molecule has 0 radical (unpaired) electrons. The first-order valence-electron chi connectivity index (χ1n) is 10.7. The van der Waals surface area contributed by atoms with Gasteiger partial charge in [-0.1, -0.05) is 36.4 Å². The molecule has 1 atom stereocenters. The van der Waals surface area contributed by atoms with Crippen LogP contribution in [0.5, 0.6) is 11.9 Å². The van der Waals surface area contributed by atoms with E-state index in [0.717, 1.165) is 28.0 Å². The largest absolute Gasteiger partial charge is 0.481 e. The lowest BCUT2D eigenvalue weighted by Gasteiger charge is -2.14. The molecule has 0 aliphatic carbocycles. The van der Waals surface area contributed by atoms with Gasteiger partial charge in [-0.25, -0.2) is 9.97 Å². The van der Waals surface area contributed by atoms with Crippen molar-refractivity contribution >= 4 is 17.0 Å². The van der Waals surface area contributed by atoms with E-state index in [2.05, 4.69) is 44.3 Å². The predicted molar refractivity (Wildman–Crippen MR) is 129 cm³/mol. The molecule has 0 fully saturated rings. The normalized spacial score (nSPS) is 11.9. The quantitative estimate of drug-likeness (QED) is 0.385. The van der Waals surface area contributed by atoms with Crippen LogP contribution in [0.2, 0.25) is 0 Å². The lowest BCUT2D eigenvalue weighted by atomic mass is 10.1. The van der Waals surface area contributed by atoms with Crippen molar-refractivity contribution in [3.8, 4) is 29.0 Å². The van der Waals surface area contributed by atoms with Gasteiger partial charge in [-0.05, 0) is 30.7 Å². The smallest absolute Gasteiger partial charge is 0.320 e. The Morgan fingerprint density at radius 2 is 1.74 bits per heavy atom. The Kier molecular flexibility index (Phi) is 5.73. The number of rotatable bonds is 7. The van der Waals surface area contributed by atoms with Crippen molar-refractivity contribution in [3.05, 3.63) is 78.8 Å². The van der Waals surface area contributed by atoms with E-state index in [9.17, 15) is 0 Å². The van der Waals surface area contributed by atoms with Crippen molar-refractivity contribution < 1.29 is 9.47 Å². The van der Waals surface area contributed by atoms with Crippen LogP contribution in [0.4, 0.5) is 5.95 Å². The number of fused-ring (bicyclic) bond motifs is 1. The molecule has 0 bridgehead atoms. The summed E-state index contributed by atoms with van der Waals surface area (Å²) in [5, 5.41) is 3.37. The number of anilines is 1. The highest BCUT2D eigenvalue weighted by molar-refractivity contribution is 5.82. The van der Waals surface area contributed by atoms with Crippen molar-refractivity contribution in [3.63, 3.8) is 0 Å². The summed E-state index contributed by atoms with van der Waals surface area (Å²) in [6.07, 6.45) is 3.49. The Morgan fingerprint density at radius 1 is 0.882 bits per heavy atom. The third-order valence-corrected chi connectivity index (χ3v) is 5.45. The van der Waals surface area contributed by atoms with Gasteiger partial charge in [-0.3, -0.25) is 4.57 Å². The van der Waals surface area contributed by atoms with Crippen LogP contribution in [-0.2, 0) is 0 Å². The van der Waals surface area contributed by atoms with Gasteiger partial charge in [0.15, 0.2) is 0 Å². The van der Waals surface area contributed by atoms with E-state index in [1.165, 1.54) is 7.11 Å². The van der Waals surface area contributed by atoms with Crippen LogP contribution < -0.4 is 14.8 Å². The maximum absolute atomic E-state index is 5.26. The van der Waals surface area contributed by atoms with Crippen LogP contribution in [0.15, 0.2) is 73.2 Å². The fourth-order valence-corrected chi connectivity index (χ4v) is 3.67. The fourth-order valence-electron chi connectivity index (χ4n) is 3.67. The molecule has 0 aliphatic rings. The number of hydrogen-bond donors (Lipinski definition) is 1. The van der Waals surface area contributed by atoms with Gasteiger partial charge in [0.05, 0.1) is 37.0 Å². The Morgan fingerprint density at radius 3 is 2.53 bits per heavy atom. The second kappa shape index (κ2) is 9.14. The second-order valence-electron chi connectivity index (χ2n) is 7.62. The molecule has 1 unspecified atom stereocenters. The highest BCUT2D eigenvalue weighted by Crippen LogP contribution is 2.27. The maximum Gasteiger partial charge on any atom is 0.320 e. The molecule has 3 aromatic heterocycles. The van der Waals surface area contributed by atoms with Crippen molar-refractivity contribution in [2.24, 2.45) is 0 Å². The Bertz CT molecular complexity index is 1410. The topological polar surface area (TPSA) is 99.9 Å². The molecule has 0 saturated carbocycles. The van der Waals surface area contributed by atoms with Crippen molar-refractivity contribution in [1.82, 2.24) is 29.5 Å². The van der Waals surface area contributed by atoms with Crippen molar-refractivity contribution in [1.29, 1.82) is 0 Å². The molecule has 0 amide bonds. The zero-order valence-corrected chi connectivity index (χ0v) is 19.0. The molecule has 34 heavy (non-hydrogen) atoms. The minimum atomic E-state index is 0.0698. The monoisotopic (exact) mass is 453 g/mol. The van der Waals surface area contributed by atoms with E-state index in [1.807, 2.05) is 47.0 Å². The van der Waals surface area contributed by atoms with E-state index in [-0.39, 0.29) is 12.1 Å². The fraction of sp³-hybridized carbons (Fsp3) is 0.160. The molecule has 0 saturated heterocycles. The summed E-state index contributed by atoms with van der Waals surface area (Å²) in [5.41, 5.74) is 4.44. The van der Waals surface area contributed by atoms with E-state index >= 15 is 0 Å². The number of aromatic nitrogens is 6. The first-order valence-corrected chi connectivity index (χ1v) is 10.7. The van der Waals surface area contributed by atoms with E-state index in [4.69, 9.17) is 14.5 Å². The molecule has 2 aromatic carbocycles. The molecular formula is C25H23N7O2. The van der Waals surface area contributed by atoms with E-state index in [1.54, 1.807) is 25.7 Å². The standard InChI is InChI=1S/C25H23N7O2/c1-16(17-7-5-4-6-8-17)28-24-26-12-11-22(30-24)32-15-27-20-13-18(9-10-21(20)32)19-14-23(33-2)31-25(29-19)34-3/h4-16H,1-3H3,(H,26,28,30). The van der Waals surface area contributed by atoms with Crippen LogP contribution in [-0.4, -0.2) is 43.7 Å². The summed E-state index contributed by atoms with van der Waals surface area (Å²) in [7, 11) is 3.08. The van der Waals surface area contributed by atoms with Crippen LogP contribution >= 0.6 is 0 Å². The lowest BCUT2D eigenvalue weighted by molar-refractivity contribution is 0.353. The van der Waals surface area contributed by atoms with Gasteiger partial charge in [-0.15, -0.1) is 0 Å². The minimum Gasteiger partial charge on any atom is -0.481 e. The first-order chi connectivity index (χ1) is 16.6. The van der Waals surface area contributed by atoms with Gasteiger partial charge in [0.1, 0.15) is 12.1 Å². The number of nitrogens with one attached hydrogen (secondary N) is 1. The molecule has 3 heterocycles. The molecular weight excluding hydrogens is 430 g/mol. The lowest BCUT2D eigenvalue weighted by Crippen LogP contribution is -2.10. The first kappa shape index (κ1) is 21.3. The van der Waals surface area contributed by atoms with Gasteiger partial charge < -0.3 is 14.8 Å². The van der Waals surface area contributed by atoms with Gasteiger partial charge in [0, 0.05) is 17.8 Å². The summed E-state index contributed by atoms with van der Waals surface area (Å²) in [4.78, 5) is 22.3. The summed E-state index contributed by atoms with van der Waals surface area (Å²) in [5.74, 6) is 1.70. The number of methoxy groups -OCH3 is 2. The second-order valence-corrected chi connectivity index (χ2v) is 7.62. The highest BCUT2D eigenvalue weighted by atomic mass is 16.5. The van der Waals surface area contributed by atoms with Gasteiger partial charge in [0.25, 0.3) is 0 Å². The number of hydrogen-bond acceptors (Lipinski definition) is 8. The average Bonchev–Trinajstić information content (AvgIpc) is 3.32. The van der Waals surface area contributed by atoms with Gasteiger partial charge in [-0.2, -0.15) is 15.0 Å². The molecule has 0 spiro atoms.